The number of carbonyl (C=O) groups excluding carboxylic acids is 2. The van der Waals surface area contributed by atoms with E-state index >= 15 is 0 Å². The topological polar surface area (TPSA) is 80.3 Å². The van der Waals surface area contributed by atoms with Gasteiger partial charge in [0.05, 0.1) is 10.9 Å². The quantitative estimate of drug-likeness (QED) is 0.572. The molecular formula is C21H25BrFN3O3S. The number of benzene rings is 1. The minimum Gasteiger partial charge on any atom is -0.436 e. The van der Waals surface area contributed by atoms with Crippen LogP contribution in [-0.2, 0) is 4.74 Å². The molecule has 1 aromatic carbocycles. The van der Waals surface area contributed by atoms with E-state index in [4.69, 9.17) is 4.74 Å². The number of hydrogen-bond acceptors (Lipinski definition) is 6. The first-order chi connectivity index (χ1) is 14.1. The van der Waals surface area contributed by atoms with Crippen molar-refractivity contribution in [3.05, 3.63) is 39.7 Å². The Bertz CT molecular complexity index is 905. The number of hydrogen-bond donors (Lipinski definition) is 2. The zero-order valence-electron chi connectivity index (χ0n) is 17.1. The molecule has 0 spiro atoms. The van der Waals surface area contributed by atoms with Crippen molar-refractivity contribution < 1.29 is 18.7 Å². The van der Waals surface area contributed by atoms with Crippen molar-refractivity contribution in [2.45, 2.75) is 57.7 Å². The fourth-order valence-corrected chi connectivity index (χ4v) is 4.76. The first-order valence-electron chi connectivity index (χ1n) is 9.83. The van der Waals surface area contributed by atoms with Crippen molar-refractivity contribution in [1.29, 1.82) is 0 Å². The van der Waals surface area contributed by atoms with Crippen LogP contribution >= 0.6 is 27.3 Å². The number of alkyl carbamates (subject to hydrolysis) is 1. The molecule has 0 saturated carbocycles. The maximum atomic E-state index is 13.5. The number of nitrogens with zero attached hydrogens (tertiary/aromatic N) is 1. The second-order valence-corrected chi connectivity index (χ2v) is 10.5. The smallest absolute Gasteiger partial charge is 0.408 e. The van der Waals surface area contributed by atoms with Gasteiger partial charge in [-0.15, -0.1) is 11.3 Å². The van der Waals surface area contributed by atoms with Crippen molar-refractivity contribution in [2.24, 2.45) is 0 Å². The van der Waals surface area contributed by atoms with E-state index in [2.05, 4.69) is 31.5 Å². The molecule has 2 N–H and O–H groups in total. The molecule has 2 atom stereocenters. The second kappa shape index (κ2) is 9.53. The molecule has 0 radical (unpaired) electrons. The third-order valence-electron chi connectivity index (χ3n) is 4.62. The van der Waals surface area contributed by atoms with E-state index in [0.29, 0.717) is 14.4 Å². The van der Waals surface area contributed by atoms with Gasteiger partial charge in [0.2, 0.25) is 5.78 Å². The average molecular weight is 498 g/mol. The van der Waals surface area contributed by atoms with E-state index < -0.39 is 17.7 Å². The molecule has 2 heterocycles. The van der Waals surface area contributed by atoms with Crippen LogP contribution in [0, 0.1) is 5.82 Å². The number of nitrogens with one attached hydrogen (secondary N) is 2. The SMILES string of the molecule is CC(C)(C)NC(=O)OC(C(=O)c1nc(Br)sc1-c1ccc(F)cc1)C1CCCCN1. The molecule has 30 heavy (non-hydrogen) atoms. The monoisotopic (exact) mass is 497 g/mol. The molecule has 1 fully saturated rings. The normalized spacial score (nSPS) is 18.0. The van der Waals surface area contributed by atoms with Crippen LogP contribution in [0.1, 0.15) is 50.5 Å². The summed E-state index contributed by atoms with van der Waals surface area (Å²) in [5.74, 6) is -0.735. The number of ether oxygens (including phenoxy) is 1. The van der Waals surface area contributed by atoms with Gasteiger partial charge in [-0.05, 0) is 73.8 Å². The van der Waals surface area contributed by atoms with Crippen LogP contribution in [0.4, 0.5) is 9.18 Å². The lowest BCUT2D eigenvalue weighted by Gasteiger charge is -2.31. The Kier molecular flexibility index (Phi) is 7.26. The Morgan fingerprint density at radius 1 is 1.30 bits per heavy atom. The molecule has 162 valence electrons. The first-order valence-corrected chi connectivity index (χ1v) is 11.4. The molecule has 1 saturated heterocycles. The highest BCUT2D eigenvalue weighted by Crippen LogP contribution is 2.34. The first kappa shape index (κ1) is 22.8. The van der Waals surface area contributed by atoms with Crippen LogP contribution in [-0.4, -0.2) is 41.1 Å². The van der Waals surface area contributed by atoms with Crippen LogP contribution in [0.3, 0.4) is 0 Å². The summed E-state index contributed by atoms with van der Waals surface area (Å²) in [5, 5.41) is 6.04. The fraction of sp³-hybridized carbons (Fsp3) is 0.476. The number of halogens is 2. The molecular weight excluding hydrogens is 473 g/mol. The van der Waals surface area contributed by atoms with Gasteiger partial charge in [0.15, 0.2) is 10.0 Å². The van der Waals surface area contributed by atoms with E-state index in [0.717, 1.165) is 25.8 Å². The largest absolute Gasteiger partial charge is 0.436 e. The third kappa shape index (κ3) is 5.86. The summed E-state index contributed by atoms with van der Waals surface area (Å²) in [5.41, 5.74) is 0.394. The second-order valence-electron chi connectivity index (χ2n) is 8.27. The Hall–Kier alpha value is -1.84. The lowest BCUT2D eigenvalue weighted by Crippen LogP contribution is -2.52. The lowest BCUT2D eigenvalue weighted by atomic mass is 9.95. The maximum absolute atomic E-state index is 13.5. The summed E-state index contributed by atoms with van der Waals surface area (Å²) in [7, 11) is 0. The van der Waals surface area contributed by atoms with Crippen LogP contribution in [0.5, 0.6) is 0 Å². The summed E-state index contributed by atoms with van der Waals surface area (Å²) in [4.78, 5) is 31.0. The van der Waals surface area contributed by atoms with Crippen molar-refractivity contribution >= 4 is 39.1 Å². The third-order valence-corrected chi connectivity index (χ3v) is 6.18. The molecule has 1 aliphatic heterocycles. The van der Waals surface area contributed by atoms with Gasteiger partial charge < -0.3 is 15.4 Å². The van der Waals surface area contributed by atoms with Crippen LogP contribution in [0.25, 0.3) is 10.4 Å². The summed E-state index contributed by atoms with van der Waals surface area (Å²) in [6.45, 7) is 6.28. The number of rotatable bonds is 5. The van der Waals surface area contributed by atoms with Crippen molar-refractivity contribution in [1.82, 2.24) is 15.6 Å². The molecule has 1 amide bonds. The highest BCUT2D eigenvalue weighted by molar-refractivity contribution is 9.11. The van der Waals surface area contributed by atoms with E-state index in [1.165, 1.54) is 23.5 Å². The minimum atomic E-state index is -1.01. The molecule has 0 bridgehead atoms. The molecule has 6 nitrogen and oxygen atoms in total. The summed E-state index contributed by atoms with van der Waals surface area (Å²) >= 11 is 4.62. The Morgan fingerprint density at radius 3 is 2.60 bits per heavy atom. The maximum Gasteiger partial charge on any atom is 0.408 e. The Morgan fingerprint density at radius 2 is 2.00 bits per heavy atom. The number of amides is 1. The zero-order valence-corrected chi connectivity index (χ0v) is 19.5. The highest BCUT2D eigenvalue weighted by atomic mass is 79.9. The van der Waals surface area contributed by atoms with E-state index in [-0.39, 0.29) is 23.3 Å². The lowest BCUT2D eigenvalue weighted by molar-refractivity contribution is 0.0460. The van der Waals surface area contributed by atoms with E-state index in [1.807, 2.05) is 20.8 Å². The number of aromatic nitrogens is 1. The van der Waals surface area contributed by atoms with Gasteiger partial charge in [-0.3, -0.25) is 4.79 Å². The van der Waals surface area contributed by atoms with Gasteiger partial charge in [0.25, 0.3) is 0 Å². The Labute approximate surface area is 187 Å². The predicted octanol–water partition coefficient (Wildman–Crippen LogP) is 4.93. The number of carbonyl (C=O) groups is 2. The molecule has 2 aromatic rings. The summed E-state index contributed by atoms with van der Waals surface area (Å²) in [6, 6.07) is 5.59. The number of Topliss-reactive ketones (excluding diaryl/α,β-unsaturated/α-hetero) is 1. The van der Waals surface area contributed by atoms with Gasteiger partial charge in [0, 0.05) is 5.54 Å². The molecule has 1 aliphatic rings. The number of thiazole rings is 1. The Balaban J connectivity index is 1.92. The van der Waals surface area contributed by atoms with Crippen molar-refractivity contribution in [2.75, 3.05) is 6.54 Å². The van der Waals surface area contributed by atoms with Gasteiger partial charge in [-0.2, -0.15) is 0 Å². The van der Waals surface area contributed by atoms with Gasteiger partial charge in [-0.25, -0.2) is 14.2 Å². The predicted molar refractivity (Wildman–Crippen MR) is 118 cm³/mol. The molecule has 2 unspecified atom stereocenters. The van der Waals surface area contributed by atoms with Gasteiger partial charge in [0.1, 0.15) is 11.5 Å². The molecule has 3 rings (SSSR count). The highest BCUT2D eigenvalue weighted by Gasteiger charge is 2.37. The van der Waals surface area contributed by atoms with E-state index in [9.17, 15) is 14.0 Å². The van der Waals surface area contributed by atoms with Crippen LogP contribution in [0.15, 0.2) is 28.2 Å². The summed E-state index contributed by atoms with van der Waals surface area (Å²) < 4.78 is 19.5. The van der Waals surface area contributed by atoms with Crippen molar-refractivity contribution in [3.8, 4) is 10.4 Å². The number of ketones is 1. The average Bonchev–Trinajstić information content (AvgIpc) is 3.07. The van der Waals surface area contributed by atoms with Gasteiger partial charge >= 0.3 is 6.09 Å². The van der Waals surface area contributed by atoms with Gasteiger partial charge in [-0.1, -0.05) is 18.6 Å². The molecule has 0 aliphatic carbocycles. The molecule has 1 aromatic heterocycles. The fourth-order valence-electron chi connectivity index (χ4n) is 3.30. The zero-order chi connectivity index (χ0) is 21.9. The summed E-state index contributed by atoms with van der Waals surface area (Å²) in [6.07, 6.45) is 1.01. The van der Waals surface area contributed by atoms with Crippen LogP contribution < -0.4 is 10.6 Å². The van der Waals surface area contributed by atoms with Crippen LogP contribution in [0.2, 0.25) is 0 Å². The standard InChI is InChI=1S/C21H25BrFN3O3S/c1-21(2,3)26-20(28)29-17(14-6-4-5-11-24-14)16(27)15-18(30-19(22)25-15)12-7-9-13(23)10-8-12/h7-10,14,17,24H,4-6,11H2,1-3H3,(H,26,28). The number of piperidine rings is 1. The van der Waals surface area contributed by atoms with Crippen molar-refractivity contribution in [3.63, 3.8) is 0 Å². The molecule has 9 heteroatoms. The van der Waals surface area contributed by atoms with E-state index in [1.54, 1.807) is 12.1 Å². The minimum absolute atomic E-state index is 0.208.